The molecule has 0 saturated carbocycles. The molecule has 94 valence electrons. The highest BCUT2D eigenvalue weighted by molar-refractivity contribution is 5.98. The van der Waals surface area contributed by atoms with Crippen LogP contribution in [0.2, 0.25) is 0 Å². The number of Topliss-reactive ketones (excluding diaryl/α,β-unsaturated/α-hetero) is 1. The monoisotopic (exact) mass is 258 g/mol. The van der Waals surface area contributed by atoms with Gasteiger partial charge in [-0.3, -0.25) is 14.9 Å². The van der Waals surface area contributed by atoms with Crippen molar-refractivity contribution in [3.63, 3.8) is 0 Å². The zero-order chi connectivity index (χ0) is 14.1. The molecule has 0 atom stereocenters. The summed E-state index contributed by atoms with van der Waals surface area (Å²) in [6.07, 6.45) is -4.86. The minimum Gasteiger partial charge on any atom is -0.294 e. The second-order valence-electron chi connectivity index (χ2n) is 3.34. The van der Waals surface area contributed by atoms with Gasteiger partial charge in [0.25, 0.3) is 5.69 Å². The first kappa shape index (κ1) is 13.6. The highest BCUT2D eigenvalue weighted by atomic mass is 19.4. The van der Waals surface area contributed by atoms with Crippen molar-refractivity contribution in [3.05, 3.63) is 38.9 Å². The minimum atomic E-state index is -4.86. The summed E-state index contributed by atoms with van der Waals surface area (Å²) >= 11 is 0. The van der Waals surface area contributed by atoms with Gasteiger partial charge in [0, 0.05) is 6.07 Å². The second-order valence-corrected chi connectivity index (χ2v) is 3.34. The van der Waals surface area contributed by atoms with Gasteiger partial charge in [-0.05, 0) is 13.0 Å². The van der Waals surface area contributed by atoms with Crippen LogP contribution in [0.15, 0.2) is 12.1 Å². The molecule has 0 spiro atoms. The van der Waals surface area contributed by atoms with Gasteiger partial charge >= 0.3 is 6.18 Å². The Morgan fingerprint density at radius 3 is 2.33 bits per heavy atom. The highest BCUT2D eigenvalue weighted by Crippen LogP contribution is 2.35. The Balaban J connectivity index is 3.69. The number of hydrogen-bond acceptors (Lipinski definition) is 4. The number of halogens is 3. The van der Waals surface area contributed by atoms with Crippen LogP contribution in [-0.4, -0.2) is 10.7 Å². The number of carbonyl (C=O) groups is 1. The van der Waals surface area contributed by atoms with Crippen molar-refractivity contribution in [1.29, 1.82) is 5.26 Å². The lowest BCUT2D eigenvalue weighted by Gasteiger charge is -2.10. The molecule has 0 heterocycles. The molecule has 0 aliphatic heterocycles. The Hall–Kier alpha value is -2.43. The van der Waals surface area contributed by atoms with E-state index < -0.39 is 39.3 Å². The van der Waals surface area contributed by atoms with Gasteiger partial charge in [0.15, 0.2) is 5.78 Å². The Labute approximate surface area is 98.6 Å². The summed E-state index contributed by atoms with van der Waals surface area (Å²) < 4.78 is 37.7. The topological polar surface area (TPSA) is 84.0 Å². The van der Waals surface area contributed by atoms with E-state index in [1.165, 1.54) is 6.07 Å². The Morgan fingerprint density at radius 1 is 1.44 bits per heavy atom. The number of ketones is 1. The number of nitriles is 1. The number of carbonyl (C=O) groups excluding carboxylic acids is 1. The van der Waals surface area contributed by atoms with Crippen LogP contribution in [0.5, 0.6) is 0 Å². The van der Waals surface area contributed by atoms with E-state index in [0.717, 1.165) is 6.92 Å². The van der Waals surface area contributed by atoms with Crippen molar-refractivity contribution < 1.29 is 22.9 Å². The molecule has 0 N–H and O–H groups in total. The molecule has 0 amide bonds. The number of hydrogen-bond donors (Lipinski definition) is 0. The van der Waals surface area contributed by atoms with Crippen molar-refractivity contribution in [1.82, 2.24) is 0 Å². The molecule has 0 radical (unpaired) electrons. The Kier molecular flexibility index (Phi) is 3.37. The molecular formula is C10H5F3N2O3. The molecule has 1 aromatic carbocycles. The molecule has 0 aliphatic carbocycles. The lowest BCUT2D eigenvalue weighted by molar-refractivity contribution is -0.385. The summed E-state index contributed by atoms with van der Waals surface area (Å²) in [5, 5.41) is 19.2. The molecular weight excluding hydrogens is 253 g/mol. The molecule has 0 bridgehead atoms. The van der Waals surface area contributed by atoms with E-state index in [1.54, 1.807) is 0 Å². The molecule has 0 fully saturated rings. The lowest BCUT2D eigenvalue weighted by Crippen LogP contribution is -2.11. The maximum atomic E-state index is 12.6. The van der Waals surface area contributed by atoms with E-state index in [1.807, 2.05) is 0 Å². The maximum absolute atomic E-state index is 12.6. The number of benzene rings is 1. The average Bonchev–Trinajstić information content (AvgIpc) is 2.25. The van der Waals surface area contributed by atoms with Crippen molar-refractivity contribution in [2.24, 2.45) is 0 Å². The first-order valence-corrected chi connectivity index (χ1v) is 4.49. The van der Waals surface area contributed by atoms with Gasteiger partial charge in [0.2, 0.25) is 0 Å². The van der Waals surface area contributed by atoms with Crippen molar-refractivity contribution in [3.8, 4) is 6.07 Å². The molecule has 5 nitrogen and oxygen atoms in total. The minimum absolute atomic E-state index is 0.332. The molecule has 1 aromatic rings. The molecule has 0 saturated heterocycles. The number of nitrogens with zero attached hydrogens (tertiary/aromatic N) is 2. The first-order valence-electron chi connectivity index (χ1n) is 4.49. The molecule has 1 rings (SSSR count). The van der Waals surface area contributed by atoms with E-state index in [9.17, 15) is 28.1 Å². The first-order chi connectivity index (χ1) is 8.18. The summed E-state index contributed by atoms with van der Waals surface area (Å²) in [7, 11) is 0. The van der Waals surface area contributed by atoms with Crippen molar-refractivity contribution in [2.45, 2.75) is 13.1 Å². The van der Waals surface area contributed by atoms with E-state index in [0.29, 0.717) is 12.1 Å². The molecule has 8 heteroatoms. The number of rotatable bonds is 2. The second kappa shape index (κ2) is 4.44. The smallest absolute Gasteiger partial charge is 0.294 e. The van der Waals surface area contributed by atoms with Crippen LogP contribution in [0, 0.1) is 21.4 Å². The van der Waals surface area contributed by atoms with Gasteiger partial charge < -0.3 is 0 Å². The number of nitro groups is 1. The van der Waals surface area contributed by atoms with E-state index in [2.05, 4.69) is 0 Å². The van der Waals surface area contributed by atoms with Crippen molar-refractivity contribution >= 4 is 11.5 Å². The van der Waals surface area contributed by atoms with E-state index in [4.69, 9.17) is 5.26 Å². The summed E-state index contributed by atoms with van der Waals surface area (Å²) in [5.74, 6) is -0.878. The van der Waals surface area contributed by atoms with Crippen LogP contribution in [-0.2, 0) is 6.18 Å². The van der Waals surface area contributed by atoms with Crippen LogP contribution in [0.3, 0.4) is 0 Å². The number of nitro benzene ring substituents is 1. The summed E-state index contributed by atoms with van der Waals surface area (Å²) in [4.78, 5) is 20.7. The van der Waals surface area contributed by atoms with Gasteiger partial charge in [0.1, 0.15) is 6.07 Å². The Bertz CT molecular complexity index is 573. The average molecular weight is 258 g/mol. The summed E-state index contributed by atoms with van der Waals surface area (Å²) in [6, 6.07) is 2.02. The van der Waals surface area contributed by atoms with Crippen molar-refractivity contribution in [2.75, 3.05) is 0 Å². The fourth-order valence-electron chi connectivity index (χ4n) is 1.35. The quantitative estimate of drug-likeness (QED) is 0.463. The number of alkyl halides is 3. The van der Waals surface area contributed by atoms with Gasteiger partial charge in [-0.15, -0.1) is 0 Å². The normalized spacial score (nSPS) is 10.8. The SMILES string of the molecule is CC(=O)c1cc(C(F)(F)F)c(C#N)cc1[N+](=O)[O-]. The fourth-order valence-corrected chi connectivity index (χ4v) is 1.35. The van der Waals surface area contributed by atoms with Crippen LogP contribution in [0.25, 0.3) is 0 Å². The maximum Gasteiger partial charge on any atom is 0.417 e. The van der Waals surface area contributed by atoms with Gasteiger partial charge in [-0.1, -0.05) is 0 Å². The van der Waals surface area contributed by atoms with Gasteiger partial charge in [0.05, 0.1) is 21.6 Å². The predicted octanol–water partition coefficient (Wildman–Crippen LogP) is 2.69. The van der Waals surface area contributed by atoms with E-state index >= 15 is 0 Å². The van der Waals surface area contributed by atoms with Crippen LogP contribution in [0.4, 0.5) is 18.9 Å². The van der Waals surface area contributed by atoms with Gasteiger partial charge in [-0.25, -0.2) is 0 Å². The fraction of sp³-hybridized carbons (Fsp3) is 0.200. The third kappa shape index (κ3) is 2.45. The zero-order valence-corrected chi connectivity index (χ0v) is 8.91. The predicted molar refractivity (Wildman–Crippen MR) is 52.8 cm³/mol. The largest absolute Gasteiger partial charge is 0.417 e. The zero-order valence-electron chi connectivity index (χ0n) is 8.91. The van der Waals surface area contributed by atoms with Gasteiger partial charge in [-0.2, -0.15) is 18.4 Å². The summed E-state index contributed by atoms with van der Waals surface area (Å²) in [6.45, 7) is 0.911. The Morgan fingerprint density at radius 2 is 2.00 bits per heavy atom. The summed E-state index contributed by atoms with van der Waals surface area (Å²) in [5.41, 5.74) is -3.74. The van der Waals surface area contributed by atoms with Crippen LogP contribution in [0.1, 0.15) is 28.4 Å². The molecule has 18 heavy (non-hydrogen) atoms. The molecule has 0 aromatic heterocycles. The molecule has 0 aliphatic rings. The molecule has 0 unspecified atom stereocenters. The van der Waals surface area contributed by atoms with Crippen LogP contribution < -0.4 is 0 Å². The highest BCUT2D eigenvalue weighted by Gasteiger charge is 2.36. The standard InChI is InChI=1S/C10H5F3N2O3/c1-5(16)7-3-8(10(11,12)13)6(4-14)2-9(7)15(17)18/h2-3H,1H3. The third-order valence-electron chi connectivity index (χ3n) is 2.14. The lowest BCUT2D eigenvalue weighted by atomic mass is 10.00. The van der Waals surface area contributed by atoms with Crippen LogP contribution >= 0.6 is 0 Å². The van der Waals surface area contributed by atoms with E-state index in [-0.39, 0.29) is 0 Å². The third-order valence-corrected chi connectivity index (χ3v) is 2.14.